The van der Waals surface area contributed by atoms with Gasteiger partial charge in [0.25, 0.3) is 5.56 Å². The summed E-state index contributed by atoms with van der Waals surface area (Å²) in [4.78, 5) is 34.9. The van der Waals surface area contributed by atoms with Crippen LogP contribution in [0.1, 0.15) is 19.4 Å². The van der Waals surface area contributed by atoms with Gasteiger partial charge in [0.15, 0.2) is 0 Å². The van der Waals surface area contributed by atoms with Crippen LogP contribution < -0.4 is 15.6 Å². The molecule has 0 aliphatic heterocycles. The van der Waals surface area contributed by atoms with E-state index < -0.39 is 29.7 Å². The number of ether oxygens (including phenoxy) is 1. The number of pyridine rings is 1. The molecule has 0 aliphatic carbocycles. The molecule has 2 N–H and O–H groups in total. The fourth-order valence-electron chi connectivity index (χ4n) is 2.82. The standard InChI is InChI=1S/C22H18ClF5N4O3/c1-21(2,22(26,27)28)19(34)30-9-11-3-5-14(23)13(7-11)18-31-15(8-16(33)32-18)12-4-6-17(29-10-12)35-20(24)25/h3-8,10,20H,9H2,1-2H3,(H,30,34)(H,31,32,33). The molecule has 0 saturated heterocycles. The van der Waals surface area contributed by atoms with E-state index in [1.165, 1.54) is 36.5 Å². The van der Waals surface area contributed by atoms with Crippen LogP contribution in [0.4, 0.5) is 22.0 Å². The Morgan fingerprint density at radius 3 is 2.49 bits per heavy atom. The summed E-state index contributed by atoms with van der Waals surface area (Å²) in [5, 5.41) is 2.42. The molecule has 0 atom stereocenters. The van der Waals surface area contributed by atoms with Crippen LogP contribution in [0.5, 0.6) is 5.88 Å². The van der Waals surface area contributed by atoms with E-state index in [2.05, 4.69) is 25.0 Å². The number of carbonyl (C=O) groups excluding carboxylic acids is 1. The third kappa shape index (κ3) is 6.13. The fraction of sp³-hybridized carbons (Fsp3) is 0.273. The van der Waals surface area contributed by atoms with Crippen LogP contribution in [0, 0.1) is 5.41 Å². The van der Waals surface area contributed by atoms with Gasteiger partial charge in [-0.25, -0.2) is 9.97 Å². The molecule has 1 aromatic carbocycles. The number of amides is 1. The quantitative estimate of drug-likeness (QED) is 0.433. The molecule has 1 amide bonds. The summed E-state index contributed by atoms with van der Waals surface area (Å²) in [5.41, 5.74) is -2.01. The molecule has 0 spiro atoms. The first-order chi connectivity index (χ1) is 16.3. The van der Waals surface area contributed by atoms with Crippen molar-refractivity contribution in [2.45, 2.75) is 33.2 Å². The van der Waals surface area contributed by atoms with Gasteiger partial charge in [0.2, 0.25) is 11.8 Å². The first-order valence-corrected chi connectivity index (χ1v) is 10.3. The number of aromatic amines is 1. The lowest BCUT2D eigenvalue weighted by Gasteiger charge is -2.26. The van der Waals surface area contributed by atoms with Crippen LogP contribution in [0.2, 0.25) is 5.02 Å². The van der Waals surface area contributed by atoms with Crippen molar-refractivity contribution < 1.29 is 31.5 Å². The average Bonchev–Trinajstić information content (AvgIpc) is 2.77. The highest BCUT2D eigenvalue weighted by Gasteiger charge is 2.52. The molecular weight excluding hydrogens is 499 g/mol. The monoisotopic (exact) mass is 516 g/mol. The van der Waals surface area contributed by atoms with Crippen LogP contribution >= 0.6 is 11.6 Å². The predicted octanol–water partition coefficient (Wildman–Crippen LogP) is 4.96. The predicted molar refractivity (Wildman–Crippen MR) is 117 cm³/mol. The Hall–Kier alpha value is -3.54. The van der Waals surface area contributed by atoms with Crippen LogP contribution in [0.3, 0.4) is 0 Å². The van der Waals surface area contributed by atoms with Crippen molar-refractivity contribution >= 4 is 17.5 Å². The molecule has 2 aromatic heterocycles. The maximum Gasteiger partial charge on any atom is 0.402 e. The van der Waals surface area contributed by atoms with Crippen molar-refractivity contribution in [1.29, 1.82) is 0 Å². The maximum atomic E-state index is 13.1. The molecule has 0 radical (unpaired) electrons. The topological polar surface area (TPSA) is 97.0 Å². The number of hydrogen-bond donors (Lipinski definition) is 2. The summed E-state index contributed by atoms with van der Waals surface area (Å²) >= 11 is 6.25. The van der Waals surface area contributed by atoms with Gasteiger partial charge in [0.05, 0.1) is 10.7 Å². The van der Waals surface area contributed by atoms with Gasteiger partial charge in [0.1, 0.15) is 11.2 Å². The Kier molecular flexibility index (Phi) is 7.44. The number of nitrogens with zero attached hydrogens (tertiary/aromatic N) is 2. The molecule has 3 aromatic rings. The summed E-state index contributed by atoms with van der Waals surface area (Å²) in [6.07, 6.45) is -3.54. The SMILES string of the molecule is CC(C)(C(=O)NCc1ccc(Cl)c(-c2nc(-c3ccc(OC(F)F)nc3)cc(=O)[nH]2)c1)C(F)(F)F. The molecule has 35 heavy (non-hydrogen) atoms. The number of alkyl halides is 5. The molecule has 0 bridgehead atoms. The van der Waals surface area contributed by atoms with Crippen molar-refractivity contribution in [2.24, 2.45) is 5.41 Å². The minimum Gasteiger partial charge on any atom is -0.417 e. The highest BCUT2D eigenvalue weighted by atomic mass is 35.5. The molecule has 186 valence electrons. The summed E-state index contributed by atoms with van der Waals surface area (Å²) < 4.78 is 68.0. The largest absolute Gasteiger partial charge is 0.417 e. The number of halogens is 6. The molecule has 0 unspecified atom stereocenters. The number of aromatic nitrogens is 3. The minimum absolute atomic E-state index is 0.0363. The summed E-state index contributed by atoms with van der Waals surface area (Å²) in [7, 11) is 0. The smallest absolute Gasteiger partial charge is 0.402 e. The number of rotatable bonds is 7. The van der Waals surface area contributed by atoms with E-state index in [0.29, 0.717) is 11.1 Å². The Balaban J connectivity index is 1.88. The Labute approximate surface area is 200 Å². The zero-order valence-corrected chi connectivity index (χ0v) is 19.0. The molecule has 3 rings (SSSR count). The first-order valence-electron chi connectivity index (χ1n) is 9.94. The number of carbonyl (C=O) groups is 1. The highest BCUT2D eigenvalue weighted by Crippen LogP contribution is 2.37. The first kappa shape index (κ1) is 26.1. The zero-order valence-electron chi connectivity index (χ0n) is 18.2. The maximum absolute atomic E-state index is 13.1. The van der Waals surface area contributed by atoms with Crippen molar-refractivity contribution in [3.8, 4) is 28.5 Å². The van der Waals surface area contributed by atoms with Crippen molar-refractivity contribution in [3.05, 3.63) is 63.5 Å². The van der Waals surface area contributed by atoms with Crippen LogP contribution in [-0.4, -0.2) is 33.6 Å². The lowest BCUT2D eigenvalue weighted by Crippen LogP contribution is -2.46. The highest BCUT2D eigenvalue weighted by molar-refractivity contribution is 6.33. The Morgan fingerprint density at radius 1 is 1.17 bits per heavy atom. The average molecular weight is 517 g/mol. The molecule has 0 fully saturated rings. The summed E-state index contributed by atoms with van der Waals surface area (Å²) in [5.74, 6) is -1.49. The summed E-state index contributed by atoms with van der Waals surface area (Å²) in [6, 6.07) is 8.13. The Bertz CT molecular complexity index is 1280. The molecule has 7 nitrogen and oxygen atoms in total. The zero-order chi connectivity index (χ0) is 26.0. The number of benzene rings is 1. The van der Waals surface area contributed by atoms with Crippen molar-refractivity contribution in [1.82, 2.24) is 20.3 Å². The second-order valence-corrected chi connectivity index (χ2v) is 8.27. The second kappa shape index (κ2) is 9.98. The van der Waals surface area contributed by atoms with Gasteiger partial charge in [-0.3, -0.25) is 9.59 Å². The number of H-pyrrole nitrogens is 1. The van der Waals surface area contributed by atoms with Crippen LogP contribution in [0.15, 0.2) is 47.4 Å². The van der Waals surface area contributed by atoms with Gasteiger partial charge < -0.3 is 15.0 Å². The van der Waals surface area contributed by atoms with Gasteiger partial charge in [-0.05, 0) is 37.6 Å². The van der Waals surface area contributed by atoms with Gasteiger partial charge in [-0.1, -0.05) is 17.7 Å². The molecule has 13 heteroatoms. The second-order valence-electron chi connectivity index (χ2n) is 7.86. The third-order valence-electron chi connectivity index (χ3n) is 5.00. The van der Waals surface area contributed by atoms with E-state index in [1.54, 1.807) is 0 Å². The van der Waals surface area contributed by atoms with E-state index in [0.717, 1.165) is 19.9 Å². The molecule has 2 heterocycles. The van der Waals surface area contributed by atoms with Gasteiger partial charge in [-0.2, -0.15) is 22.0 Å². The minimum atomic E-state index is -4.73. The van der Waals surface area contributed by atoms with Gasteiger partial charge in [0, 0.05) is 36.0 Å². The molecular formula is C22H18ClF5N4O3. The van der Waals surface area contributed by atoms with Crippen LogP contribution in [0.25, 0.3) is 22.6 Å². The van der Waals surface area contributed by atoms with E-state index in [9.17, 15) is 31.5 Å². The lowest BCUT2D eigenvalue weighted by molar-refractivity contribution is -0.211. The van der Waals surface area contributed by atoms with Crippen LogP contribution in [-0.2, 0) is 11.3 Å². The van der Waals surface area contributed by atoms with E-state index in [4.69, 9.17) is 11.6 Å². The van der Waals surface area contributed by atoms with Gasteiger partial charge >= 0.3 is 12.8 Å². The van der Waals surface area contributed by atoms with Crippen molar-refractivity contribution in [3.63, 3.8) is 0 Å². The van der Waals surface area contributed by atoms with Gasteiger partial charge in [-0.15, -0.1) is 0 Å². The summed E-state index contributed by atoms with van der Waals surface area (Å²) in [6.45, 7) is -1.73. The number of nitrogens with one attached hydrogen (secondary N) is 2. The van der Waals surface area contributed by atoms with E-state index in [1.807, 2.05) is 0 Å². The van der Waals surface area contributed by atoms with Crippen molar-refractivity contribution in [2.75, 3.05) is 0 Å². The Morgan fingerprint density at radius 2 is 1.89 bits per heavy atom. The third-order valence-corrected chi connectivity index (χ3v) is 5.33. The normalized spacial score (nSPS) is 12.0. The fourth-order valence-corrected chi connectivity index (χ4v) is 3.03. The molecule has 0 aliphatic rings. The number of hydrogen-bond acceptors (Lipinski definition) is 5. The lowest BCUT2D eigenvalue weighted by atomic mass is 9.91. The molecule has 0 saturated carbocycles. The van der Waals surface area contributed by atoms with E-state index >= 15 is 0 Å². The van der Waals surface area contributed by atoms with E-state index in [-0.39, 0.29) is 34.5 Å².